The van der Waals surface area contributed by atoms with Crippen LogP contribution >= 0.6 is 0 Å². The van der Waals surface area contributed by atoms with Gasteiger partial charge in [0.05, 0.1) is 16.8 Å². The fourth-order valence-corrected chi connectivity index (χ4v) is 2.35. The van der Waals surface area contributed by atoms with E-state index in [0.717, 1.165) is 22.3 Å². The van der Waals surface area contributed by atoms with Gasteiger partial charge >= 0.3 is 0 Å². The first-order valence-electron chi connectivity index (χ1n) is 6.51. The highest BCUT2D eigenvalue weighted by Gasteiger charge is 2.15. The lowest BCUT2D eigenvalue weighted by atomic mass is 10.1. The van der Waals surface area contributed by atoms with E-state index in [1.165, 1.54) is 0 Å². The van der Waals surface area contributed by atoms with Gasteiger partial charge in [0.25, 0.3) is 0 Å². The van der Waals surface area contributed by atoms with Crippen molar-refractivity contribution in [2.45, 2.75) is 13.8 Å². The van der Waals surface area contributed by atoms with Crippen molar-refractivity contribution >= 4 is 16.7 Å². The molecule has 0 aliphatic heterocycles. The number of oxime groups is 1. The molecule has 1 aromatic carbocycles. The predicted molar refractivity (Wildman–Crippen MR) is 80.8 cm³/mol. The molecule has 0 bridgehead atoms. The van der Waals surface area contributed by atoms with Crippen LogP contribution in [0.25, 0.3) is 16.7 Å². The molecule has 0 amide bonds. The highest BCUT2D eigenvalue weighted by atomic mass is 16.4. The lowest BCUT2D eigenvalue weighted by molar-refractivity contribution is 0.318. The van der Waals surface area contributed by atoms with Crippen LogP contribution < -0.4 is 5.73 Å². The Morgan fingerprint density at radius 1 is 1.24 bits per heavy atom. The molecule has 6 heteroatoms. The Hall–Kier alpha value is -2.89. The maximum atomic E-state index is 9.01. The van der Waals surface area contributed by atoms with Crippen molar-refractivity contribution in [3.63, 3.8) is 0 Å². The number of hydrogen-bond acceptors (Lipinski definition) is 4. The number of fused-ring (bicyclic) bond motifs is 1. The minimum absolute atomic E-state index is 0.0100. The van der Waals surface area contributed by atoms with Gasteiger partial charge in [-0.15, -0.1) is 0 Å². The molecule has 0 unspecified atom stereocenters. The zero-order valence-corrected chi connectivity index (χ0v) is 11.8. The van der Waals surface area contributed by atoms with Crippen molar-refractivity contribution in [1.29, 1.82) is 0 Å². The number of para-hydroxylation sites is 1. The summed E-state index contributed by atoms with van der Waals surface area (Å²) in [6.45, 7) is 3.85. The van der Waals surface area contributed by atoms with E-state index in [0.29, 0.717) is 11.4 Å². The molecule has 2 heterocycles. The molecule has 3 rings (SSSR count). The summed E-state index contributed by atoms with van der Waals surface area (Å²) in [7, 11) is 0. The quantitative estimate of drug-likeness (QED) is 0.326. The third-order valence-corrected chi connectivity index (χ3v) is 3.30. The minimum Gasteiger partial charge on any atom is -0.409 e. The Bertz CT molecular complexity index is 850. The van der Waals surface area contributed by atoms with E-state index in [-0.39, 0.29) is 5.84 Å². The molecule has 0 aliphatic carbocycles. The monoisotopic (exact) mass is 281 g/mol. The molecule has 0 saturated heterocycles. The van der Waals surface area contributed by atoms with E-state index in [2.05, 4.69) is 15.2 Å². The SMILES string of the molecule is Cc1cc(C)n(-c2nc3ccccc3cc2C(N)=NO)n1. The Kier molecular flexibility index (Phi) is 3.06. The van der Waals surface area contributed by atoms with E-state index in [1.54, 1.807) is 4.68 Å². The molecule has 0 saturated carbocycles. The van der Waals surface area contributed by atoms with Crippen LogP contribution in [-0.2, 0) is 0 Å². The minimum atomic E-state index is 0.0100. The average molecular weight is 281 g/mol. The first-order valence-corrected chi connectivity index (χ1v) is 6.51. The lowest BCUT2D eigenvalue weighted by Gasteiger charge is -2.11. The summed E-state index contributed by atoms with van der Waals surface area (Å²) < 4.78 is 1.70. The third kappa shape index (κ3) is 2.20. The summed E-state index contributed by atoms with van der Waals surface area (Å²) >= 11 is 0. The number of benzene rings is 1. The number of nitrogens with zero attached hydrogens (tertiary/aromatic N) is 4. The maximum Gasteiger partial charge on any atom is 0.173 e. The maximum absolute atomic E-state index is 9.01. The van der Waals surface area contributed by atoms with E-state index in [4.69, 9.17) is 10.9 Å². The number of amidine groups is 1. The molecule has 3 N–H and O–H groups in total. The van der Waals surface area contributed by atoms with Crippen LogP contribution in [0, 0.1) is 13.8 Å². The van der Waals surface area contributed by atoms with Crippen LogP contribution in [0.1, 0.15) is 17.0 Å². The number of pyridine rings is 1. The molecule has 0 aliphatic rings. The van der Waals surface area contributed by atoms with Crippen LogP contribution in [0.2, 0.25) is 0 Å². The normalized spacial score (nSPS) is 12.0. The molecule has 6 nitrogen and oxygen atoms in total. The van der Waals surface area contributed by atoms with Gasteiger partial charge in [0.1, 0.15) is 0 Å². The van der Waals surface area contributed by atoms with Crippen LogP contribution in [0.15, 0.2) is 41.6 Å². The van der Waals surface area contributed by atoms with E-state index in [1.807, 2.05) is 50.2 Å². The summed E-state index contributed by atoms with van der Waals surface area (Å²) in [6, 6.07) is 11.5. The molecular formula is C15H15N5O. The zero-order valence-electron chi connectivity index (χ0n) is 11.8. The molecule has 0 radical (unpaired) electrons. The van der Waals surface area contributed by atoms with Crippen LogP contribution in [0.5, 0.6) is 0 Å². The molecule has 106 valence electrons. The number of aromatic nitrogens is 3. The molecular weight excluding hydrogens is 266 g/mol. The second-order valence-corrected chi connectivity index (χ2v) is 4.88. The summed E-state index contributed by atoms with van der Waals surface area (Å²) in [5.74, 6) is 0.561. The van der Waals surface area contributed by atoms with Crippen molar-refractivity contribution in [1.82, 2.24) is 14.8 Å². The van der Waals surface area contributed by atoms with Crippen LogP contribution in [0.4, 0.5) is 0 Å². The van der Waals surface area contributed by atoms with Gasteiger partial charge < -0.3 is 10.9 Å². The smallest absolute Gasteiger partial charge is 0.173 e. The van der Waals surface area contributed by atoms with Crippen molar-refractivity contribution in [2.75, 3.05) is 0 Å². The second-order valence-electron chi connectivity index (χ2n) is 4.88. The number of nitrogens with two attached hydrogens (primary N) is 1. The highest BCUT2D eigenvalue weighted by Crippen LogP contribution is 2.21. The standard InChI is InChI=1S/C15H15N5O/c1-9-7-10(2)20(18-9)15-12(14(16)19-21)8-11-5-3-4-6-13(11)17-15/h3-8,21H,1-2H3,(H2,16,19). The van der Waals surface area contributed by atoms with Crippen LogP contribution in [-0.4, -0.2) is 25.8 Å². The average Bonchev–Trinajstić information content (AvgIpc) is 2.83. The van der Waals surface area contributed by atoms with Gasteiger partial charge in [0, 0.05) is 11.1 Å². The Morgan fingerprint density at radius 3 is 2.67 bits per heavy atom. The van der Waals surface area contributed by atoms with Gasteiger partial charge in [-0.1, -0.05) is 23.4 Å². The first-order chi connectivity index (χ1) is 10.1. The summed E-state index contributed by atoms with van der Waals surface area (Å²) in [5.41, 5.74) is 8.99. The third-order valence-electron chi connectivity index (χ3n) is 3.30. The van der Waals surface area contributed by atoms with Gasteiger partial charge in [-0.05, 0) is 32.0 Å². The van der Waals surface area contributed by atoms with Crippen LogP contribution in [0.3, 0.4) is 0 Å². The fraction of sp³-hybridized carbons (Fsp3) is 0.133. The topological polar surface area (TPSA) is 89.3 Å². The Balaban J connectivity index is 2.36. The number of aryl methyl sites for hydroxylation is 2. The van der Waals surface area contributed by atoms with Gasteiger partial charge in [-0.3, -0.25) is 0 Å². The molecule has 21 heavy (non-hydrogen) atoms. The highest BCUT2D eigenvalue weighted by molar-refractivity contribution is 6.02. The summed E-state index contributed by atoms with van der Waals surface area (Å²) in [4.78, 5) is 4.62. The molecule has 0 atom stereocenters. The van der Waals surface area contributed by atoms with Gasteiger partial charge in [-0.2, -0.15) is 5.10 Å². The van der Waals surface area contributed by atoms with Crippen molar-refractivity contribution in [3.8, 4) is 5.82 Å². The summed E-state index contributed by atoms with van der Waals surface area (Å²) in [5, 5.41) is 17.5. The fourth-order valence-electron chi connectivity index (χ4n) is 2.35. The van der Waals surface area contributed by atoms with E-state index >= 15 is 0 Å². The number of rotatable bonds is 2. The predicted octanol–water partition coefficient (Wildman–Crippen LogP) is 2.13. The van der Waals surface area contributed by atoms with Crippen molar-refractivity contribution in [2.24, 2.45) is 10.9 Å². The van der Waals surface area contributed by atoms with Gasteiger partial charge in [0.15, 0.2) is 11.7 Å². The van der Waals surface area contributed by atoms with E-state index < -0.39 is 0 Å². The first kappa shape index (κ1) is 13.1. The Morgan fingerprint density at radius 2 is 2.00 bits per heavy atom. The summed E-state index contributed by atoms with van der Waals surface area (Å²) in [6.07, 6.45) is 0. The molecule has 0 fully saturated rings. The molecule has 0 spiro atoms. The van der Waals surface area contributed by atoms with Crippen molar-refractivity contribution < 1.29 is 5.21 Å². The lowest BCUT2D eigenvalue weighted by Crippen LogP contribution is -2.18. The Labute approximate surface area is 121 Å². The van der Waals surface area contributed by atoms with E-state index in [9.17, 15) is 0 Å². The zero-order chi connectivity index (χ0) is 15.0. The van der Waals surface area contributed by atoms with Gasteiger partial charge in [0.2, 0.25) is 0 Å². The second kappa shape index (κ2) is 4.90. The number of hydrogen-bond donors (Lipinski definition) is 2. The van der Waals surface area contributed by atoms with Gasteiger partial charge in [-0.25, -0.2) is 9.67 Å². The largest absolute Gasteiger partial charge is 0.409 e. The molecule has 3 aromatic rings. The van der Waals surface area contributed by atoms with Crippen molar-refractivity contribution in [3.05, 3.63) is 53.3 Å². The molecule has 2 aromatic heterocycles.